The lowest BCUT2D eigenvalue weighted by molar-refractivity contribution is 0.0561. The molecule has 0 aromatic heterocycles. The van der Waals surface area contributed by atoms with Gasteiger partial charge in [-0.2, -0.15) is 8.42 Å². The van der Waals surface area contributed by atoms with Gasteiger partial charge in [-0.15, -0.1) is 0 Å². The van der Waals surface area contributed by atoms with Gasteiger partial charge in [-0.3, -0.25) is 4.18 Å². The van der Waals surface area contributed by atoms with Crippen LogP contribution in [0.1, 0.15) is 60.9 Å². The van der Waals surface area contributed by atoms with Crippen molar-refractivity contribution in [3.8, 4) is 5.75 Å². The summed E-state index contributed by atoms with van der Waals surface area (Å²) in [6.45, 7) is 12.5. The normalized spacial score (nSPS) is 19.1. The summed E-state index contributed by atoms with van der Waals surface area (Å²) in [5, 5.41) is 0. The Labute approximate surface area is 187 Å². The molecule has 0 bridgehead atoms. The fourth-order valence-electron chi connectivity index (χ4n) is 3.97. The molecule has 5 heteroatoms. The first-order valence-electron chi connectivity index (χ1n) is 10.9. The fourth-order valence-corrected chi connectivity index (χ4v) is 4.92. The molecule has 0 saturated carbocycles. The van der Waals surface area contributed by atoms with Gasteiger partial charge in [0.05, 0.1) is 11.5 Å². The van der Waals surface area contributed by atoms with Crippen molar-refractivity contribution in [2.75, 3.05) is 6.61 Å². The summed E-state index contributed by atoms with van der Waals surface area (Å²) >= 11 is 0. The number of hydrogen-bond acceptors (Lipinski definition) is 4. The summed E-state index contributed by atoms with van der Waals surface area (Å²) in [4.78, 5) is 0.189. The van der Waals surface area contributed by atoms with Gasteiger partial charge in [0.15, 0.2) is 0 Å². The quantitative estimate of drug-likeness (QED) is 0.382. The molecule has 0 aliphatic carbocycles. The average molecular weight is 443 g/mol. The molecule has 3 rings (SSSR count). The van der Waals surface area contributed by atoms with Crippen molar-refractivity contribution in [3.05, 3.63) is 69.8 Å². The molecule has 4 nitrogen and oxygen atoms in total. The second-order valence-corrected chi connectivity index (χ2v) is 10.7. The Kier molecular flexibility index (Phi) is 6.97. The van der Waals surface area contributed by atoms with Crippen molar-refractivity contribution < 1.29 is 17.3 Å². The van der Waals surface area contributed by atoms with E-state index in [1.165, 1.54) is 22.3 Å². The van der Waals surface area contributed by atoms with Crippen LogP contribution in [0.2, 0.25) is 0 Å². The molecule has 31 heavy (non-hydrogen) atoms. The Hall–Kier alpha value is -2.11. The monoisotopic (exact) mass is 442 g/mol. The highest BCUT2D eigenvalue weighted by Crippen LogP contribution is 2.40. The number of fused-ring (bicyclic) bond motifs is 1. The van der Waals surface area contributed by atoms with Crippen LogP contribution in [-0.4, -0.2) is 20.6 Å². The molecule has 0 spiro atoms. The van der Waals surface area contributed by atoms with Crippen LogP contribution in [0.3, 0.4) is 0 Å². The third kappa shape index (κ3) is 5.58. The first kappa shape index (κ1) is 23.6. The molecule has 168 valence electrons. The first-order valence-corrected chi connectivity index (χ1v) is 12.3. The molecule has 0 saturated heterocycles. The molecular formula is C26H34O4S. The Morgan fingerprint density at radius 3 is 2.48 bits per heavy atom. The van der Waals surface area contributed by atoms with E-state index in [9.17, 15) is 8.42 Å². The number of ether oxygens (including phenoxy) is 1. The predicted molar refractivity (Wildman–Crippen MR) is 125 cm³/mol. The van der Waals surface area contributed by atoms with Crippen molar-refractivity contribution in [1.82, 2.24) is 0 Å². The van der Waals surface area contributed by atoms with E-state index in [4.69, 9.17) is 8.92 Å². The summed E-state index contributed by atoms with van der Waals surface area (Å²) in [6, 6.07) is 8.95. The van der Waals surface area contributed by atoms with E-state index in [1.807, 2.05) is 13.8 Å². The molecule has 1 heterocycles. The Morgan fingerprint density at radius 2 is 1.81 bits per heavy atom. The highest BCUT2D eigenvalue weighted by Gasteiger charge is 2.32. The zero-order chi connectivity index (χ0) is 22.8. The lowest BCUT2D eigenvalue weighted by Gasteiger charge is -2.37. The Morgan fingerprint density at radius 1 is 1.13 bits per heavy atom. The van der Waals surface area contributed by atoms with Crippen LogP contribution >= 0.6 is 0 Å². The second-order valence-electron chi connectivity index (χ2n) is 9.10. The van der Waals surface area contributed by atoms with Crippen molar-refractivity contribution in [1.29, 1.82) is 0 Å². The number of rotatable bonds is 7. The highest BCUT2D eigenvalue weighted by atomic mass is 32.2. The van der Waals surface area contributed by atoms with Crippen molar-refractivity contribution >= 4 is 10.1 Å². The van der Waals surface area contributed by atoms with Gasteiger partial charge >= 0.3 is 0 Å². The second kappa shape index (κ2) is 9.17. The molecule has 0 N–H and O–H groups in total. The van der Waals surface area contributed by atoms with E-state index in [2.05, 4.69) is 39.8 Å². The van der Waals surface area contributed by atoms with Crippen LogP contribution < -0.4 is 4.74 Å². The molecule has 1 aliphatic heterocycles. The number of allylic oxidation sites excluding steroid dienone is 1. The van der Waals surface area contributed by atoms with Gasteiger partial charge in [-0.05, 0) is 102 Å². The number of benzene rings is 2. The first-order chi connectivity index (χ1) is 14.5. The van der Waals surface area contributed by atoms with Crippen LogP contribution in [0.4, 0.5) is 0 Å². The van der Waals surface area contributed by atoms with E-state index in [0.717, 1.165) is 42.6 Å². The maximum atomic E-state index is 12.4. The number of aryl methyl sites for hydroxylation is 3. The maximum Gasteiger partial charge on any atom is 0.297 e. The Balaban J connectivity index is 1.57. The average Bonchev–Trinajstić information content (AvgIpc) is 2.72. The van der Waals surface area contributed by atoms with Crippen LogP contribution in [0.15, 0.2) is 46.9 Å². The van der Waals surface area contributed by atoms with Gasteiger partial charge in [-0.1, -0.05) is 35.4 Å². The van der Waals surface area contributed by atoms with Gasteiger partial charge in [0.1, 0.15) is 11.4 Å². The molecular weight excluding hydrogens is 408 g/mol. The largest absolute Gasteiger partial charge is 0.487 e. The Bertz CT molecular complexity index is 1080. The highest BCUT2D eigenvalue weighted by molar-refractivity contribution is 7.86. The minimum Gasteiger partial charge on any atom is -0.487 e. The molecule has 1 atom stereocenters. The van der Waals surface area contributed by atoms with E-state index < -0.39 is 10.1 Å². The summed E-state index contributed by atoms with van der Waals surface area (Å²) in [5.41, 5.74) is 6.86. The minimum atomic E-state index is -3.74. The van der Waals surface area contributed by atoms with Gasteiger partial charge < -0.3 is 4.74 Å². The zero-order valence-electron chi connectivity index (χ0n) is 19.5. The zero-order valence-corrected chi connectivity index (χ0v) is 20.4. The molecule has 0 amide bonds. The lowest BCUT2D eigenvalue weighted by atomic mass is 9.86. The minimum absolute atomic E-state index is 0.0637. The van der Waals surface area contributed by atoms with Crippen LogP contribution in [0.25, 0.3) is 0 Å². The molecule has 0 unspecified atom stereocenters. The molecule has 2 aromatic carbocycles. The van der Waals surface area contributed by atoms with E-state index >= 15 is 0 Å². The van der Waals surface area contributed by atoms with Crippen LogP contribution in [0, 0.1) is 27.7 Å². The SMILES string of the molecule is C/C(=C\CC[C@]1(C)CCc2cc(C)c(C)c(C)c2O1)COS(=O)(=O)c1ccc(C)cc1. The lowest BCUT2D eigenvalue weighted by Crippen LogP contribution is -2.36. The maximum absolute atomic E-state index is 12.4. The third-order valence-electron chi connectivity index (χ3n) is 6.37. The third-order valence-corrected chi connectivity index (χ3v) is 7.64. The van der Waals surface area contributed by atoms with E-state index in [-0.39, 0.29) is 17.1 Å². The topological polar surface area (TPSA) is 52.6 Å². The molecule has 0 fully saturated rings. The van der Waals surface area contributed by atoms with Crippen LogP contribution in [0.5, 0.6) is 5.75 Å². The standard InChI is InChI=1S/C26H34O4S/c1-18-9-11-24(12-10-18)31(27,28)29-17-19(2)8-7-14-26(6)15-13-23-16-20(3)21(4)22(5)25(23)30-26/h8-12,16H,7,13-15,17H2,1-6H3/b19-8+/t26-/m1/s1. The summed E-state index contributed by atoms with van der Waals surface area (Å²) < 4.78 is 36.4. The van der Waals surface area contributed by atoms with Gasteiger partial charge in [0.25, 0.3) is 10.1 Å². The van der Waals surface area contributed by atoms with Crippen LogP contribution in [-0.2, 0) is 20.7 Å². The van der Waals surface area contributed by atoms with Gasteiger partial charge in [-0.25, -0.2) is 0 Å². The predicted octanol–water partition coefficient (Wildman–Crippen LogP) is 6.14. The summed E-state index contributed by atoms with van der Waals surface area (Å²) in [7, 11) is -3.74. The molecule has 2 aromatic rings. The fraction of sp³-hybridized carbons (Fsp3) is 0.462. The summed E-state index contributed by atoms with van der Waals surface area (Å²) in [5.74, 6) is 1.05. The van der Waals surface area contributed by atoms with Crippen molar-refractivity contribution in [2.24, 2.45) is 0 Å². The summed E-state index contributed by atoms with van der Waals surface area (Å²) in [6.07, 6.45) is 5.75. The number of hydrogen-bond donors (Lipinski definition) is 0. The van der Waals surface area contributed by atoms with E-state index in [0.29, 0.717) is 0 Å². The van der Waals surface area contributed by atoms with Gasteiger partial charge in [0.2, 0.25) is 0 Å². The smallest absolute Gasteiger partial charge is 0.297 e. The van der Waals surface area contributed by atoms with E-state index in [1.54, 1.807) is 24.3 Å². The van der Waals surface area contributed by atoms with Crippen molar-refractivity contribution in [3.63, 3.8) is 0 Å². The molecule has 0 radical (unpaired) electrons. The van der Waals surface area contributed by atoms with Gasteiger partial charge in [0, 0.05) is 0 Å². The molecule has 1 aliphatic rings. The van der Waals surface area contributed by atoms with Crippen molar-refractivity contribution in [2.45, 2.75) is 77.7 Å².